The van der Waals surface area contributed by atoms with Crippen molar-refractivity contribution < 1.29 is 23.5 Å². The minimum atomic E-state index is -0.702. The van der Waals surface area contributed by atoms with Crippen LogP contribution in [0.1, 0.15) is 16.8 Å². The number of hydrogen-bond donors (Lipinski definition) is 1. The summed E-state index contributed by atoms with van der Waals surface area (Å²) in [5.74, 6) is -1.72. The molecular weight excluding hydrogens is 229 g/mol. The van der Waals surface area contributed by atoms with Crippen LogP contribution in [0.15, 0.2) is 18.2 Å². The molecule has 17 heavy (non-hydrogen) atoms. The summed E-state index contributed by atoms with van der Waals surface area (Å²) in [5, 5.41) is 0. The Bertz CT molecular complexity index is 433. The maximum Gasteiger partial charge on any atom is 0.340 e. The molecule has 1 rings (SSSR count). The van der Waals surface area contributed by atoms with Crippen molar-refractivity contribution in [3.05, 3.63) is 29.6 Å². The van der Waals surface area contributed by atoms with E-state index in [9.17, 15) is 14.0 Å². The number of nitrogen functional groups attached to an aromatic ring is 1. The maximum atomic E-state index is 12.7. The summed E-state index contributed by atoms with van der Waals surface area (Å²) >= 11 is 0. The number of carbonyl (C=O) groups is 2. The molecule has 0 aliphatic carbocycles. The van der Waals surface area contributed by atoms with Crippen LogP contribution in [0.25, 0.3) is 0 Å². The Morgan fingerprint density at radius 1 is 1.41 bits per heavy atom. The summed E-state index contributed by atoms with van der Waals surface area (Å²) in [6.45, 7) is -0.109. The lowest BCUT2D eigenvalue weighted by Crippen LogP contribution is -2.12. The van der Waals surface area contributed by atoms with Gasteiger partial charge in [-0.2, -0.15) is 0 Å². The van der Waals surface area contributed by atoms with Gasteiger partial charge in [-0.25, -0.2) is 9.18 Å². The van der Waals surface area contributed by atoms with Crippen molar-refractivity contribution in [1.29, 1.82) is 0 Å². The Morgan fingerprint density at radius 3 is 2.71 bits per heavy atom. The van der Waals surface area contributed by atoms with Crippen molar-refractivity contribution in [1.82, 2.24) is 0 Å². The smallest absolute Gasteiger partial charge is 0.340 e. The van der Waals surface area contributed by atoms with Crippen LogP contribution in [0.2, 0.25) is 0 Å². The molecule has 92 valence electrons. The van der Waals surface area contributed by atoms with Gasteiger partial charge in [0.2, 0.25) is 0 Å². The highest BCUT2D eigenvalue weighted by molar-refractivity contribution is 5.95. The van der Waals surface area contributed by atoms with Crippen molar-refractivity contribution in [3.63, 3.8) is 0 Å². The zero-order valence-electron chi connectivity index (χ0n) is 9.23. The molecule has 6 heteroatoms. The summed E-state index contributed by atoms with van der Waals surface area (Å²) in [5.41, 5.74) is 5.51. The van der Waals surface area contributed by atoms with Crippen LogP contribution >= 0.6 is 0 Å². The van der Waals surface area contributed by atoms with E-state index in [-0.39, 0.29) is 24.3 Å². The van der Waals surface area contributed by atoms with E-state index in [0.717, 1.165) is 12.1 Å². The van der Waals surface area contributed by atoms with Crippen molar-refractivity contribution in [2.75, 3.05) is 19.5 Å². The second-order valence-electron chi connectivity index (χ2n) is 3.19. The fraction of sp³-hybridized carbons (Fsp3) is 0.273. The molecule has 2 N–H and O–H groups in total. The molecule has 0 aliphatic heterocycles. The standard InChI is InChI=1S/C11H12FNO4/c1-16-10(14)4-5-17-11(15)8-3-2-7(12)6-9(8)13/h2-3,6H,4-5,13H2,1H3. The van der Waals surface area contributed by atoms with Gasteiger partial charge in [0.15, 0.2) is 0 Å². The van der Waals surface area contributed by atoms with Crippen molar-refractivity contribution in [2.45, 2.75) is 6.42 Å². The highest BCUT2D eigenvalue weighted by atomic mass is 19.1. The topological polar surface area (TPSA) is 78.6 Å². The Morgan fingerprint density at radius 2 is 2.12 bits per heavy atom. The molecule has 0 atom stereocenters. The highest BCUT2D eigenvalue weighted by Crippen LogP contribution is 2.14. The van der Waals surface area contributed by atoms with Crippen LogP contribution in [0, 0.1) is 5.82 Å². The van der Waals surface area contributed by atoms with E-state index in [4.69, 9.17) is 10.5 Å². The van der Waals surface area contributed by atoms with Crippen molar-refractivity contribution in [3.8, 4) is 0 Å². The number of methoxy groups -OCH3 is 1. The molecule has 0 aliphatic rings. The van der Waals surface area contributed by atoms with E-state index >= 15 is 0 Å². The molecule has 0 saturated heterocycles. The van der Waals surface area contributed by atoms with Crippen LogP contribution in [-0.2, 0) is 14.3 Å². The van der Waals surface area contributed by atoms with E-state index in [1.165, 1.54) is 13.2 Å². The minimum absolute atomic E-state index is 0.00642. The predicted molar refractivity (Wildman–Crippen MR) is 57.7 cm³/mol. The zero-order valence-corrected chi connectivity index (χ0v) is 9.23. The SMILES string of the molecule is COC(=O)CCOC(=O)c1ccc(F)cc1N. The van der Waals surface area contributed by atoms with Crippen molar-refractivity contribution >= 4 is 17.6 Å². The average Bonchev–Trinajstić information content (AvgIpc) is 2.28. The quantitative estimate of drug-likeness (QED) is 0.631. The van der Waals surface area contributed by atoms with Gasteiger partial charge < -0.3 is 15.2 Å². The third-order valence-electron chi connectivity index (χ3n) is 2.00. The second-order valence-corrected chi connectivity index (χ2v) is 3.19. The molecule has 0 aromatic heterocycles. The number of nitrogens with two attached hydrogens (primary N) is 1. The number of hydrogen-bond acceptors (Lipinski definition) is 5. The first-order valence-electron chi connectivity index (χ1n) is 4.83. The van der Waals surface area contributed by atoms with Crippen molar-refractivity contribution in [2.24, 2.45) is 0 Å². The Labute approximate surface area is 97.3 Å². The Kier molecular flexibility index (Phi) is 4.45. The summed E-state index contributed by atoms with van der Waals surface area (Å²) in [6, 6.07) is 3.36. The first-order chi connectivity index (χ1) is 8.04. The summed E-state index contributed by atoms with van der Waals surface area (Å²) in [7, 11) is 1.24. The molecule has 0 spiro atoms. The number of ether oxygens (including phenoxy) is 2. The van der Waals surface area contributed by atoms with Crippen LogP contribution in [0.5, 0.6) is 0 Å². The maximum absolute atomic E-state index is 12.7. The summed E-state index contributed by atoms with van der Waals surface area (Å²) in [4.78, 5) is 22.2. The zero-order chi connectivity index (χ0) is 12.8. The number of carbonyl (C=O) groups excluding carboxylic acids is 2. The molecule has 0 fully saturated rings. The molecular formula is C11H12FNO4. The molecule has 5 nitrogen and oxygen atoms in total. The number of esters is 2. The molecule has 0 unspecified atom stereocenters. The van der Waals surface area contributed by atoms with E-state index in [0.29, 0.717) is 0 Å². The van der Waals surface area contributed by atoms with Gasteiger partial charge in [0.25, 0.3) is 0 Å². The van der Waals surface area contributed by atoms with Gasteiger partial charge in [-0.3, -0.25) is 4.79 Å². The first-order valence-corrected chi connectivity index (χ1v) is 4.83. The van der Waals surface area contributed by atoms with Crippen LogP contribution < -0.4 is 5.73 Å². The Hall–Kier alpha value is -2.11. The van der Waals surface area contributed by atoms with Crippen LogP contribution in [0.4, 0.5) is 10.1 Å². The predicted octanol–water partition coefficient (Wildman–Crippen LogP) is 1.13. The molecule has 0 heterocycles. The molecule has 0 saturated carbocycles. The minimum Gasteiger partial charge on any atom is -0.469 e. The average molecular weight is 241 g/mol. The fourth-order valence-corrected chi connectivity index (χ4v) is 1.13. The van der Waals surface area contributed by atoms with E-state index < -0.39 is 17.8 Å². The molecule has 1 aromatic rings. The third-order valence-corrected chi connectivity index (χ3v) is 2.00. The lowest BCUT2D eigenvalue weighted by molar-refractivity contribution is -0.141. The van der Waals surface area contributed by atoms with E-state index in [1.54, 1.807) is 0 Å². The first kappa shape index (κ1) is 13.0. The number of rotatable bonds is 4. The third kappa shape index (κ3) is 3.75. The van der Waals surface area contributed by atoms with Crippen LogP contribution in [-0.4, -0.2) is 25.7 Å². The normalized spacial score (nSPS) is 9.76. The lowest BCUT2D eigenvalue weighted by Gasteiger charge is -2.06. The van der Waals surface area contributed by atoms with E-state index in [1.807, 2.05) is 0 Å². The van der Waals surface area contributed by atoms with Crippen LogP contribution in [0.3, 0.4) is 0 Å². The van der Waals surface area contributed by atoms with Gasteiger partial charge in [-0.1, -0.05) is 0 Å². The van der Waals surface area contributed by atoms with Gasteiger partial charge in [0, 0.05) is 5.69 Å². The molecule has 1 aromatic carbocycles. The van der Waals surface area contributed by atoms with Gasteiger partial charge in [0.1, 0.15) is 12.4 Å². The summed E-state index contributed by atoms with van der Waals surface area (Å²) < 4.78 is 21.9. The Balaban J connectivity index is 2.55. The van der Waals surface area contributed by atoms with E-state index in [2.05, 4.69) is 4.74 Å². The number of benzene rings is 1. The van der Waals surface area contributed by atoms with Gasteiger partial charge >= 0.3 is 11.9 Å². The van der Waals surface area contributed by atoms with Gasteiger partial charge in [-0.05, 0) is 18.2 Å². The van der Waals surface area contributed by atoms with Gasteiger partial charge in [0.05, 0.1) is 19.1 Å². The largest absolute Gasteiger partial charge is 0.469 e. The fourth-order valence-electron chi connectivity index (χ4n) is 1.13. The molecule has 0 bridgehead atoms. The monoisotopic (exact) mass is 241 g/mol. The molecule has 0 radical (unpaired) electrons. The second kappa shape index (κ2) is 5.83. The number of halogens is 1. The lowest BCUT2D eigenvalue weighted by atomic mass is 10.2. The summed E-state index contributed by atoms with van der Waals surface area (Å²) in [6.07, 6.45) is -0.0384. The number of anilines is 1. The highest BCUT2D eigenvalue weighted by Gasteiger charge is 2.12. The molecule has 0 amide bonds. The van der Waals surface area contributed by atoms with Gasteiger partial charge in [-0.15, -0.1) is 0 Å².